The smallest absolute Gasteiger partial charge is 0.277 e. The molecule has 0 aliphatic heterocycles. The summed E-state index contributed by atoms with van der Waals surface area (Å²) in [4.78, 5) is 0. The third-order valence-corrected chi connectivity index (χ3v) is 4.86. The van der Waals surface area contributed by atoms with Crippen LogP contribution in [-0.4, -0.2) is 34.6 Å². The number of thioether (sulfide) groups is 1. The summed E-state index contributed by atoms with van der Waals surface area (Å²) in [7, 11) is 3.17. The van der Waals surface area contributed by atoms with E-state index in [1.54, 1.807) is 32.4 Å². The van der Waals surface area contributed by atoms with E-state index in [0.29, 0.717) is 45.7 Å². The molecule has 0 atom stereocenters. The molecule has 0 bridgehead atoms. The lowest BCUT2D eigenvalue weighted by Gasteiger charge is -2.05. The highest BCUT2D eigenvalue weighted by atomic mass is 32.2. The van der Waals surface area contributed by atoms with Crippen molar-refractivity contribution in [3.8, 4) is 34.4 Å². The van der Waals surface area contributed by atoms with E-state index in [-0.39, 0.29) is 0 Å². The van der Waals surface area contributed by atoms with E-state index in [4.69, 9.17) is 18.3 Å². The van der Waals surface area contributed by atoms with E-state index < -0.39 is 0 Å². The highest BCUT2D eigenvalue weighted by Crippen LogP contribution is 2.31. The van der Waals surface area contributed by atoms with Crippen LogP contribution in [0.2, 0.25) is 0 Å². The second kappa shape index (κ2) is 8.36. The summed E-state index contributed by atoms with van der Waals surface area (Å²) in [5.74, 6) is 3.04. The van der Waals surface area contributed by atoms with Crippen LogP contribution in [0.3, 0.4) is 0 Å². The number of hydrogen-bond acceptors (Lipinski definition) is 9. The fourth-order valence-electron chi connectivity index (χ4n) is 2.65. The van der Waals surface area contributed by atoms with Crippen LogP contribution in [0, 0.1) is 6.92 Å². The van der Waals surface area contributed by atoms with E-state index in [0.717, 1.165) is 11.1 Å². The summed E-state index contributed by atoms with van der Waals surface area (Å²) in [5, 5.41) is 16.8. The molecule has 8 nitrogen and oxygen atoms in total. The van der Waals surface area contributed by atoms with Gasteiger partial charge in [-0.25, -0.2) is 0 Å². The lowest BCUT2D eigenvalue weighted by Crippen LogP contribution is -1.88. The number of methoxy groups -OCH3 is 2. The summed E-state index contributed by atoms with van der Waals surface area (Å²) >= 11 is 1.32. The molecule has 0 saturated carbocycles. The van der Waals surface area contributed by atoms with Crippen LogP contribution in [0.15, 0.2) is 56.5 Å². The van der Waals surface area contributed by atoms with Crippen LogP contribution in [0.5, 0.6) is 11.5 Å². The molecule has 0 unspecified atom stereocenters. The third kappa shape index (κ3) is 4.40. The highest BCUT2D eigenvalue weighted by Gasteiger charge is 2.14. The minimum atomic E-state index is 0.371. The van der Waals surface area contributed by atoms with E-state index in [1.165, 1.54) is 11.8 Å². The Morgan fingerprint density at radius 1 is 0.828 bits per heavy atom. The molecule has 0 aliphatic rings. The zero-order valence-electron chi connectivity index (χ0n) is 16.1. The van der Waals surface area contributed by atoms with Crippen LogP contribution in [0.4, 0.5) is 0 Å². The number of aryl methyl sites for hydroxylation is 1. The fourth-order valence-corrected chi connectivity index (χ4v) is 3.25. The Morgan fingerprint density at radius 2 is 1.55 bits per heavy atom. The Balaban J connectivity index is 1.45. The molecule has 29 heavy (non-hydrogen) atoms. The van der Waals surface area contributed by atoms with Gasteiger partial charge in [-0.05, 0) is 31.2 Å². The first-order valence-corrected chi connectivity index (χ1v) is 9.72. The average molecular weight is 410 g/mol. The lowest BCUT2D eigenvalue weighted by atomic mass is 10.1. The number of ether oxygens (including phenoxy) is 2. The van der Waals surface area contributed by atoms with E-state index in [9.17, 15) is 0 Å². The topological polar surface area (TPSA) is 96.3 Å². The third-order valence-electron chi connectivity index (χ3n) is 4.06. The van der Waals surface area contributed by atoms with Crippen molar-refractivity contribution in [1.29, 1.82) is 0 Å². The number of aromatic nitrogens is 4. The second-order valence-corrected chi connectivity index (χ2v) is 7.06. The maximum atomic E-state index is 5.74. The monoisotopic (exact) mass is 410 g/mol. The van der Waals surface area contributed by atoms with Crippen LogP contribution in [-0.2, 0) is 5.75 Å². The van der Waals surface area contributed by atoms with Gasteiger partial charge in [-0.2, -0.15) is 0 Å². The van der Waals surface area contributed by atoms with E-state index >= 15 is 0 Å². The Hall–Kier alpha value is -3.33. The van der Waals surface area contributed by atoms with Crippen LogP contribution >= 0.6 is 11.8 Å². The summed E-state index contributed by atoms with van der Waals surface area (Å²) in [5.41, 5.74) is 2.73. The standard InChI is InChI=1S/C20H18N4O4S/c1-12-5-4-6-13(7-12)18-22-21-17(27-18)11-29-20-24-23-19(28-20)14-8-15(25-2)10-16(9-14)26-3/h4-10H,11H2,1-3H3. The number of nitrogens with zero attached hydrogens (tertiary/aromatic N) is 4. The molecule has 2 aromatic heterocycles. The van der Waals surface area contributed by atoms with Gasteiger partial charge < -0.3 is 18.3 Å². The summed E-state index contributed by atoms with van der Waals surface area (Å²) in [6.07, 6.45) is 0. The predicted octanol–water partition coefficient (Wildman–Crippen LogP) is 4.40. The number of benzene rings is 2. The first-order chi connectivity index (χ1) is 14.1. The van der Waals surface area contributed by atoms with Gasteiger partial charge in [-0.3, -0.25) is 0 Å². The second-order valence-electron chi connectivity index (χ2n) is 6.13. The van der Waals surface area contributed by atoms with Crippen molar-refractivity contribution in [2.75, 3.05) is 14.2 Å². The molecule has 0 fully saturated rings. The van der Waals surface area contributed by atoms with Gasteiger partial charge in [0.2, 0.25) is 17.7 Å². The minimum Gasteiger partial charge on any atom is -0.497 e. The summed E-state index contributed by atoms with van der Waals surface area (Å²) in [6.45, 7) is 2.02. The van der Waals surface area contributed by atoms with Crippen molar-refractivity contribution in [2.45, 2.75) is 17.9 Å². The Kier molecular flexibility index (Phi) is 5.48. The first kappa shape index (κ1) is 19.0. The van der Waals surface area contributed by atoms with Gasteiger partial charge in [0.25, 0.3) is 5.22 Å². The predicted molar refractivity (Wildman–Crippen MR) is 107 cm³/mol. The van der Waals surface area contributed by atoms with Crippen molar-refractivity contribution in [2.24, 2.45) is 0 Å². The normalized spacial score (nSPS) is 10.9. The van der Waals surface area contributed by atoms with Gasteiger partial charge in [0.1, 0.15) is 11.5 Å². The minimum absolute atomic E-state index is 0.371. The molecule has 9 heteroatoms. The molecule has 0 radical (unpaired) electrons. The maximum Gasteiger partial charge on any atom is 0.277 e. The quantitative estimate of drug-likeness (QED) is 0.411. The van der Waals surface area contributed by atoms with Crippen LogP contribution in [0.25, 0.3) is 22.9 Å². The van der Waals surface area contributed by atoms with Crippen LogP contribution in [0.1, 0.15) is 11.5 Å². The van der Waals surface area contributed by atoms with E-state index in [1.807, 2.05) is 31.2 Å². The zero-order valence-corrected chi connectivity index (χ0v) is 16.9. The molecular weight excluding hydrogens is 392 g/mol. The Bertz CT molecular complexity index is 1100. The molecule has 4 aromatic rings. The van der Waals surface area contributed by atoms with Gasteiger partial charge >= 0.3 is 0 Å². The van der Waals surface area contributed by atoms with Crippen molar-refractivity contribution >= 4 is 11.8 Å². The molecule has 0 amide bonds. The van der Waals surface area contributed by atoms with Crippen molar-refractivity contribution < 1.29 is 18.3 Å². The maximum absolute atomic E-state index is 5.74. The molecule has 0 spiro atoms. The SMILES string of the molecule is COc1cc(OC)cc(-c2nnc(SCc3nnc(-c4cccc(C)c4)o3)o2)c1. The molecule has 2 heterocycles. The first-order valence-electron chi connectivity index (χ1n) is 8.74. The van der Waals surface area contributed by atoms with Crippen molar-refractivity contribution in [3.05, 3.63) is 53.9 Å². The van der Waals surface area contributed by atoms with E-state index in [2.05, 4.69) is 20.4 Å². The van der Waals surface area contributed by atoms with Crippen molar-refractivity contribution in [3.63, 3.8) is 0 Å². The summed E-state index contributed by atoms with van der Waals surface area (Å²) in [6, 6.07) is 13.3. The Labute approximate surface area is 171 Å². The number of rotatable bonds is 7. The van der Waals surface area contributed by atoms with Crippen molar-refractivity contribution in [1.82, 2.24) is 20.4 Å². The molecule has 2 aromatic carbocycles. The molecule has 0 N–H and O–H groups in total. The lowest BCUT2D eigenvalue weighted by molar-refractivity contribution is 0.394. The van der Waals surface area contributed by atoms with Crippen LogP contribution < -0.4 is 9.47 Å². The van der Waals surface area contributed by atoms with Gasteiger partial charge in [0, 0.05) is 17.2 Å². The molecule has 148 valence electrons. The van der Waals surface area contributed by atoms with Gasteiger partial charge in [-0.1, -0.05) is 29.5 Å². The summed E-state index contributed by atoms with van der Waals surface area (Å²) < 4.78 is 22.0. The number of hydrogen-bond donors (Lipinski definition) is 0. The zero-order chi connectivity index (χ0) is 20.2. The van der Waals surface area contributed by atoms with Gasteiger partial charge in [0.05, 0.1) is 20.0 Å². The van der Waals surface area contributed by atoms with Gasteiger partial charge in [0.15, 0.2) is 0 Å². The average Bonchev–Trinajstić information content (AvgIpc) is 3.41. The van der Waals surface area contributed by atoms with Gasteiger partial charge in [-0.15, -0.1) is 20.4 Å². The molecule has 0 saturated heterocycles. The Morgan fingerprint density at radius 3 is 2.28 bits per heavy atom. The molecule has 0 aliphatic carbocycles. The fraction of sp³-hybridized carbons (Fsp3) is 0.200. The molecular formula is C20H18N4O4S. The highest BCUT2D eigenvalue weighted by molar-refractivity contribution is 7.98. The largest absolute Gasteiger partial charge is 0.497 e. The molecule has 4 rings (SSSR count).